The van der Waals surface area contributed by atoms with Crippen molar-refractivity contribution >= 4 is 18.2 Å². The average molecular weight is 415 g/mol. The number of carbonyl (C=O) groups is 3. The molecule has 3 amide bonds. The quantitative estimate of drug-likeness (QED) is 0.669. The number of carbonyl (C=O) groups excluding carboxylic acids is 3. The second kappa shape index (κ2) is 11.7. The first kappa shape index (κ1) is 23.1. The first-order valence-corrected chi connectivity index (χ1v) is 10.1. The number of amides is 3. The maximum absolute atomic E-state index is 12.5. The van der Waals surface area contributed by atoms with Crippen LogP contribution in [-0.2, 0) is 27.2 Å². The summed E-state index contributed by atoms with van der Waals surface area (Å²) in [6.07, 6.45) is 3.10. The van der Waals surface area contributed by atoms with Crippen LogP contribution in [0.4, 0.5) is 0 Å². The molecule has 1 aromatic heterocycles. The fraction of sp³-hybridized carbons (Fsp3) is 0.455. The third-order valence-corrected chi connectivity index (χ3v) is 4.83. The summed E-state index contributed by atoms with van der Waals surface area (Å²) in [5.41, 5.74) is 3.16. The van der Waals surface area contributed by atoms with Gasteiger partial charge in [-0.1, -0.05) is 35.0 Å². The standard InChI is InChI=1S/C20H25N3O3.C2H5NO/c1-14-5-7-16(8-6-14)9-10-21-20(25)18-4-3-11-23(18)19(24)13-17-12-15(2)22-26-17;1-3-2-4/h5-8,12,18H,3-4,9-11,13H2,1-2H3,(H,21,25);2H,1H3,(H,3,4). The second-order valence-corrected chi connectivity index (χ2v) is 7.29. The van der Waals surface area contributed by atoms with Crippen molar-refractivity contribution in [3.05, 3.63) is 52.9 Å². The van der Waals surface area contributed by atoms with E-state index in [4.69, 9.17) is 9.32 Å². The second-order valence-electron chi connectivity index (χ2n) is 7.29. The van der Waals surface area contributed by atoms with Crippen LogP contribution in [0.2, 0.25) is 0 Å². The average Bonchev–Trinajstić information content (AvgIpc) is 3.39. The highest BCUT2D eigenvalue weighted by atomic mass is 16.5. The normalized spacial score (nSPS) is 15.2. The minimum absolute atomic E-state index is 0.0725. The number of hydrogen-bond acceptors (Lipinski definition) is 5. The number of hydrogen-bond donors (Lipinski definition) is 2. The van der Waals surface area contributed by atoms with Crippen LogP contribution in [0.5, 0.6) is 0 Å². The summed E-state index contributed by atoms with van der Waals surface area (Å²) in [7, 11) is 1.56. The molecule has 1 aliphatic rings. The molecule has 1 fully saturated rings. The lowest BCUT2D eigenvalue weighted by atomic mass is 10.1. The van der Waals surface area contributed by atoms with E-state index in [-0.39, 0.29) is 24.3 Å². The number of aryl methyl sites for hydroxylation is 2. The summed E-state index contributed by atoms with van der Waals surface area (Å²) in [4.78, 5) is 35.8. The van der Waals surface area contributed by atoms with Crippen molar-refractivity contribution in [3.8, 4) is 0 Å². The molecule has 1 aliphatic heterocycles. The lowest BCUT2D eigenvalue weighted by Gasteiger charge is -2.23. The Balaban J connectivity index is 0.000000735. The third kappa shape index (κ3) is 7.02. The molecular weight excluding hydrogens is 384 g/mol. The summed E-state index contributed by atoms with van der Waals surface area (Å²) < 4.78 is 5.11. The molecule has 30 heavy (non-hydrogen) atoms. The zero-order valence-corrected chi connectivity index (χ0v) is 17.8. The Morgan fingerprint density at radius 3 is 2.57 bits per heavy atom. The number of aromatic nitrogens is 1. The third-order valence-electron chi connectivity index (χ3n) is 4.83. The van der Waals surface area contributed by atoms with E-state index in [1.807, 2.05) is 6.92 Å². The van der Waals surface area contributed by atoms with Crippen molar-refractivity contribution in [2.24, 2.45) is 0 Å². The van der Waals surface area contributed by atoms with Crippen LogP contribution >= 0.6 is 0 Å². The summed E-state index contributed by atoms with van der Waals surface area (Å²) in [6.45, 7) is 5.05. The highest BCUT2D eigenvalue weighted by Crippen LogP contribution is 2.19. The van der Waals surface area contributed by atoms with Crippen molar-refractivity contribution in [3.63, 3.8) is 0 Å². The van der Waals surface area contributed by atoms with Gasteiger partial charge >= 0.3 is 0 Å². The lowest BCUT2D eigenvalue weighted by molar-refractivity contribution is -0.138. The minimum Gasteiger partial charge on any atom is -0.362 e. The SMILES string of the molecule is CNC=O.Cc1ccc(CCNC(=O)C2CCCN2C(=O)Cc2cc(C)no2)cc1. The highest BCUT2D eigenvalue weighted by Gasteiger charge is 2.34. The molecule has 2 aromatic rings. The Morgan fingerprint density at radius 2 is 1.97 bits per heavy atom. The Labute approximate surface area is 177 Å². The van der Waals surface area contributed by atoms with E-state index in [1.54, 1.807) is 18.0 Å². The van der Waals surface area contributed by atoms with Crippen LogP contribution in [0.1, 0.15) is 35.4 Å². The van der Waals surface area contributed by atoms with Gasteiger partial charge in [0.2, 0.25) is 18.2 Å². The largest absolute Gasteiger partial charge is 0.362 e. The van der Waals surface area contributed by atoms with Gasteiger partial charge in [0.1, 0.15) is 11.8 Å². The molecule has 0 bridgehead atoms. The number of nitrogens with zero attached hydrogens (tertiary/aromatic N) is 2. The topological polar surface area (TPSA) is 105 Å². The maximum Gasteiger partial charge on any atom is 0.242 e. The van der Waals surface area contributed by atoms with E-state index in [1.165, 1.54) is 11.1 Å². The molecule has 2 N–H and O–H groups in total. The predicted octanol–water partition coefficient (Wildman–Crippen LogP) is 1.55. The smallest absolute Gasteiger partial charge is 0.242 e. The van der Waals surface area contributed by atoms with Crippen molar-refractivity contribution in [1.29, 1.82) is 0 Å². The number of nitrogens with one attached hydrogen (secondary N) is 2. The molecular formula is C22H30N4O4. The molecule has 2 heterocycles. The summed E-state index contributed by atoms with van der Waals surface area (Å²) in [6, 6.07) is 9.66. The Bertz CT molecular complexity index is 832. The number of benzene rings is 1. The van der Waals surface area contributed by atoms with Gasteiger partial charge in [-0.15, -0.1) is 0 Å². The molecule has 162 valence electrons. The van der Waals surface area contributed by atoms with Crippen LogP contribution in [0.15, 0.2) is 34.9 Å². The van der Waals surface area contributed by atoms with E-state index in [9.17, 15) is 9.59 Å². The zero-order valence-electron chi connectivity index (χ0n) is 17.8. The van der Waals surface area contributed by atoms with Crippen molar-refractivity contribution in [1.82, 2.24) is 20.7 Å². The van der Waals surface area contributed by atoms with E-state index in [0.717, 1.165) is 18.5 Å². The van der Waals surface area contributed by atoms with Crippen LogP contribution in [0.3, 0.4) is 0 Å². The Hall–Kier alpha value is -3.16. The molecule has 8 heteroatoms. The molecule has 0 aliphatic carbocycles. The number of rotatable bonds is 7. The molecule has 1 aromatic carbocycles. The molecule has 3 rings (SSSR count). The van der Waals surface area contributed by atoms with Crippen molar-refractivity contribution in [2.75, 3.05) is 20.1 Å². The van der Waals surface area contributed by atoms with Gasteiger partial charge < -0.3 is 20.1 Å². The first-order chi connectivity index (χ1) is 14.4. The van der Waals surface area contributed by atoms with Gasteiger partial charge in [0.05, 0.1) is 12.1 Å². The molecule has 8 nitrogen and oxygen atoms in total. The molecule has 0 radical (unpaired) electrons. The summed E-state index contributed by atoms with van der Waals surface area (Å²) in [5.74, 6) is 0.381. The Morgan fingerprint density at radius 1 is 1.27 bits per heavy atom. The molecule has 1 saturated heterocycles. The van der Waals surface area contributed by atoms with E-state index < -0.39 is 0 Å². The van der Waals surface area contributed by atoms with Crippen LogP contribution < -0.4 is 10.6 Å². The molecule has 0 saturated carbocycles. The minimum atomic E-state index is -0.385. The maximum atomic E-state index is 12.5. The molecule has 1 unspecified atom stereocenters. The van der Waals surface area contributed by atoms with Crippen LogP contribution in [0, 0.1) is 13.8 Å². The fourth-order valence-corrected chi connectivity index (χ4v) is 3.29. The monoisotopic (exact) mass is 414 g/mol. The zero-order chi connectivity index (χ0) is 21.9. The van der Waals surface area contributed by atoms with Crippen molar-refractivity contribution in [2.45, 2.75) is 45.6 Å². The van der Waals surface area contributed by atoms with E-state index >= 15 is 0 Å². The number of likely N-dealkylation sites (tertiary alicyclic amines) is 1. The van der Waals surface area contributed by atoms with Gasteiger partial charge in [0, 0.05) is 26.2 Å². The van der Waals surface area contributed by atoms with E-state index in [2.05, 4.69) is 47.0 Å². The highest BCUT2D eigenvalue weighted by molar-refractivity contribution is 5.88. The van der Waals surface area contributed by atoms with Gasteiger partial charge in [-0.05, 0) is 38.7 Å². The lowest BCUT2D eigenvalue weighted by Crippen LogP contribution is -2.46. The van der Waals surface area contributed by atoms with Crippen molar-refractivity contribution < 1.29 is 18.9 Å². The summed E-state index contributed by atoms with van der Waals surface area (Å²) >= 11 is 0. The van der Waals surface area contributed by atoms with Gasteiger partial charge in [-0.2, -0.15) is 0 Å². The van der Waals surface area contributed by atoms with Gasteiger partial charge in [0.15, 0.2) is 0 Å². The molecule has 0 spiro atoms. The summed E-state index contributed by atoms with van der Waals surface area (Å²) in [5, 5.41) is 9.02. The van der Waals surface area contributed by atoms with E-state index in [0.29, 0.717) is 31.7 Å². The van der Waals surface area contributed by atoms with Crippen LogP contribution in [0.25, 0.3) is 0 Å². The predicted molar refractivity (Wildman–Crippen MR) is 113 cm³/mol. The molecule has 1 atom stereocenters. The Kier molecular flexibility index (Phi) is 9.05. The van der Waals surface area contributed by atoms with Gasteiger partial charge in [-0.25, -0.2) is 0 Å². The van der Waals surface area contributed by atoms with Gasteiger partial charge in [-0.3, -0.25) is 14.4 Å². The fourth-order valence-electron chi connectivity index (χ4n) is 3.29. The van der Waals surface area contributed by atoms with Crippen LogP contribution in [-0.4, -0.2) is 54.5 Å². The van der Waals surface area contributed by atoms with Gasteiger partial charge in [0.25, 0.3) is 0 Å². The first-order valence-electron chi connectivity index (χ1n) is 10.1.